The minimum absolute atomic E-state index is 0.356. The van der Waals surface area contributed by atoms with Crippen LogP contribution in [0.1, 0.15) is 11.1 Å². The molecular formula is C17H14O3. The molecule has 3 nitrogen and oxygen atoms in total. The molecule has 0 atom stereocenters. The zero-order valence-corrected chi connectivity index (χ0v) is 11.3. The minimum Gasteiger partial charge on any atom is -0.503 e. The molecule has 0 fully saturated rings. The Morgan fingerprint density at radius 2 is 2.05 bits per heavy atom. The van der Waals surface area contributed by atoms with E-state index in [0.717, 1.165) is 21.9 Å². The molecule has 100 valence electrons. The zero-order valence-electron chi connectivity index (χ0n) is 11.3. The predicted molar refractivity (Wildman–Crippen MR) is 78.9 cm³/mol. The van der Waals surface area contributed by atoms with Gasteiger partial charge in [0.05, 0.1) is 20.5 Å². The highest BCUT2D eigenvalue weighted by molar-refractivity contribution is 6.19. The molecule has 3 heteroatoms. The van der Waals surface area contributed by atoms with Gasteiger partial charge in [0, 0.05) is 5.56 Å². The van der Waals surface area contributed by atoms with E-state index in [2.05, 4.69) is 5.92 Å². The molecule has 20 heavy (non-hydrogen) atoms. The Bertz CT molecular complexity index is 721. The monoisotopic (exact) mass is 266 g/mol. The SMILES string of the molecule is C#Cc1ccc2cccc(/C(=C\OC)C(=O)OC)c2c1. The number of carbonyl (C=O) groups excluding carboxylic acids is 1. The van der Waals surface area contributed by atoms with Crippen molar-refractivity contribution in [3.05, 3.63) is 53.8 Å². The summed E-state index contributed by atoms with van der Waals surface area (Å²) in [7, 11) is 2.82. The van der Waals surface area contributed by atoms with Gasteiger partial charge in [0.2, 0.25) is 0 Å². The van der Waals surface area contributed by atoms with Crippen LogP contribution in [0.5, 0.6) is 0 Å². The van der Waals surface area contributed by atoms with E-state index < -0.39 is 5.97 Å². The van der Waals surface area contributed by atoms with Crippen molar-refractivity contribution in [2.45, 2.75) is 0 Å². The molecule has 2 aromatic rings. The molecule has 0 aromatic heterocycles. The van der Waals surface area contributed by atoms with Gasteiger partial charge >= 0.3 is 5.97 Å². The van der Waals surface area contributed by atoms with E-state index in [4.69, 9.17) is 15.9 Å². The summed E-state index contributed by atoms with van der Waals surface area (Å²) in [5, 5.41) is 1.88. The lowest BCUT2D eigenvalue weighted by atomic mass is 9.97. The third-order valence-electron chi connectivity index (χ3n) is 2.98. The summed E-state index contributed by atoms with van der Waals surface area (Å²) in [4.78, 5) is 11.9. The van der Waals surface area contributed by atoms with E-state index in [1.807, 2.05) is 36.4 Å². The van der Waals surface area contributed by atoms with Crippen LogP contribution >= 0.6 is 0 Å². The van der Waals surface area contributed by atoms with Gasteiger partial charge < -0.3 is 9.47 Å². The molecule has 0 amide bonds. The number of hydrogen-bond donors (Lipinski definition) is 0. The Hall–Kier alpha value is -2.73. The summed E-state index contributed by atoms with van der Waals surface area (Å²) in [6.07, 6.45) is 6.81. The number of ether oxygens (including phenoxy) is 2. The Morgan fingerprint density at radius 1 is 1.25 bits per heavy atom. The van der Waals surface area contributed by atoms with Crippen LogP contribution in [0.2, 0.25) is 0 Å². The average Bonchev–Trinajstić information content (AvgIpc) is 2.51. The van der Waals surface area contributed by atoms with Gasteiger partial charge in [-0.05, 0) is 28.5 Å². The van der Waals surface area contributed by atoms with E-state index in [9.17, 15) is 4.79 Å². The van der Waals surface area contributed by atoms with Crippen LogP contribution < -0.4 is 0 Å². The molecule has 2 rings (SSSR count). The Morgan fingerprint density at radius 3 is 2.70 bits per heavy atom. The quantitative estimate of drug-likeness (QED) is 0.371. The molecule has 0 N–H and O–H groups in total. The van der Waals surface area contributed by atoms with Gasteiger partial charge in [0.15, 0.2) is 0 Å². The van der Waals surface area contributed by atoms with Crippen molar-refractivity contribution in [3.63, 3.8) is 0 Å². The van der Waals surface area contributed by atoms with E-state index >= 15 is 0 Å². The summed E-state index contributed by atoms with van der Waals surface area (Å²) in [5.74, 6) is 2.14. The molecule has 0 bridgehead atoms. The first-order chi connectivity index (χ1) is 9.71. The molecule has 2 aromatic carbocycles. The lowest BCUT2D eigenvalue weighted by Gasteiger charge is -2.09. The summed E-state index contributed by atoms with van der Waals surface area (Å²) in [5.41, 5.74) is 1.84. The van der Waals surface area contributed by atoms with Gasteiger partial charge in [-0.3, -0.25) is 0 Å². The Balaban J connectivity index is 2.72. The molecule has 0 aliphatic carbocycles. The van der Waals surface area contributed by atoms with Crippen LogP contribution in [0.4, 0.5) is 0 Å². The van der Waals surface area contributed by atoms with Gasteiger partial charge in [0.25, 0.3) is 0 Å². The first-order valence-electron chi connectivity index (χ1n) is 6.02. The van der Waals surface area contributed by atoms with Crippen molar-refractivity contribution in [1.29, 1.82) is 0 Å². The van der Waals surface area contributed by atoms with Crippen LogP contribution in [0.15, 0.2) is 42.7 Å². The van der Waals surface area contributed by atoms with Gasteiger partial charge in [-0.2, -0.15) is 0 Å². The lowest BCUT2D eigenvalue weighted by molar-refractivity contribution is -0.133. The maximum absolute atomic E-state index is 11.9. The fourth-order valence-electron chi connectivity index (χ4n) is 2.05. The summed E-state index contributed by atoms with van der Waals surface area (Å²) < 4.78 is 9.78. The third-order valence-corrected chi connectivity index (χ3v) is 2.98. The lowest BCUT2D eigenvalue weighted by Crippen LogP contribution is -2.05. The number of hydrogen-bond acceptors (Lipinski definition) is 3. The van der Waals surface area contributed by atoms with E-state index in [1.54, 1.807) is 0 Å². The second-order valence-electron chi connectivity index (χ2n) is 4.14. The van der Waals surface area contributed by atoms with Crippen LogP contribution in [0, 0.1) is 12.3 Å². The Kier molecular flexibility index (Phi) is 4.07. The van der Waals surface area contributed by atoms with Gasteiger partial charge in [0.1, 0.15) is 5.57 Å². The first-order valence-corrected chi connectivity index (χ1v) is 6.02. The first kappa shape index (κ1) is 13.7. The van der Waals surface area contributed by atoms with Gasteiger partial charge in [-0.15, -0.1) is 6.42 Å². The second kappa shape index (κ2) is 5.94. The molecule has 0 spiro atoms. The second-order valence-corrected chi connectivity index (χ2v) is 4.14. The standard InChI is InChI=1S/C17H14O3/c1-4-12-8-9-13-6-5-7-14(15(13)10-12)16(11-19-2)17(18)20-3/h1,5-11H,2-3H3/b16-11+. The van der Waals surface area contributed by atoms with Crippen LogP contribution in [0.25, 0.3) is 16.3 Å². The Labute approximate surface area is 117 Å². The zero-order chi connectivity index (χ0) is 14.5. The number of rotatable bonds is 3. The third kappa shape index (κ3) is 2.50. The van der Waals surface area contributed by atoms with Crippen molar-refractivity contribution in [2.24, 2.45) is 0 Å². The number of fused-ring (bicyclic) bond motifs is 1. The van der Waals surface area contributed by atoms with E-state index in [-0.39, 0.29) is 0 Å². The molecule has 0 heterocycles. The fourth-order valence-corrected chi connectivity index (χ4v) is 2.05. The topological polar surface area (TPSA) is 35.5 Å². The largest absolute Gasteiger partial charge is 0.503 e. The van der Waals surface area contributed by atoms with Crippen molar-refractivity contribution in [1.82, 2.24) is 0 Å². The highest BCUT2D eigenvalue weighted by Gasteiger charge is 2.15. The molecule has 0 unspecified atom stereocenters. The maximum atomic E-state index is 11.9. The van der Waals surface area contributed by atoms with Gasteiger partial charge in [-0.1, -0.05) is 30.2 Å². The predicted octanol–water partition coefficient (Wildman–Crippen LogP) is 2.98. The fraction of sp³-hybridized carbons (Fsp3) is 0.118. The molecule has 0 saturated heterocycles. The molecule has 0 aliphatic rings. The van der Waals surface area contributed by atoms with Crippen LogP contribution in [0.3, 0.4) is 0 Å². The molecule has 0 saturated carbocycles. The van der Waals surface area contributed by atoms with Crippen molar-refractivity contribution < 1.29 is 14.3 Å². The number of methoxy groups -OCH3 is 2. The summed E-state index contributed by atoms with van der Waals surface area (Å²) >= 11 is 0. The van der Waals surface area contributed by atoms with Crippen LogP contribution in [-0.2, 0) is 14.3 Å². The number of esters is 1. The van der Waals surface area contributed by atoms with Crippen LogP contribution in [-0.4, -0.2) is 20.2 Å². The smallest absolute Gasteiger partial charge is 0.341 e. The van der Waals surface area contributed by atoms with Crippen molar-refractivity contribution >= 4 is 22.3 Å². The number of terminal acetylenes is 1. The molecule has 0 radical (unpaired) electrons. The van der Waals surface area contributed by atoms with E-state index in [0.29, 0.717) is 5.57 Å². The summed E-state index contributed by atoms with van der Waals surface area (Å²) in [6.45, 7) is 0. The highest BCUT2D eigenvalue weighted by atomic mass is 16.5. The highest BCUT2D eigenvalue weighted by Crippen LogP contribution is 2.27. The summed E-state index contributed by atoms with van der Waals surface area (Å²) in [6, 6.07) is 11.3. The van der Waals surface area contributed by atoms with Crippen molar-refractivity contribution in [2.75, 3.05) is 14.2 Å². The number of benzene rings is 2. The van der Waals surface area contributed by atoms with Crippen molar-refractivity contribution in [3.8, 4) is 12.3 Å². The molecular weight excluding hydrogens is 252 g/mol. The average molecular weight is 266 g/mol. The minimum atomic E-state index is -0.453. The van der Waals surface area contributed by atoms with Gasteiger partial charge in [-0.25, -0.2) is 4.79 Å². The normalized spacial score (nSPS) is 10.9. The molecule has 0 aliphatic heterocycles. The number of carbonyl (C=O) groups is 1. The maximum Gasteiger partial charge on any atom is 0.341 e. The van der Waals surface area contributed by atoms with E-state index in [1.165, 1.54) is 20.5 Å².